The number of aliphatic hydroxyl groups is 2. The second-order valence-electron chi connectivity index (χ2n) is 8.99. The lowest BCUT2D eigenvalue weighted by atomic mass is 9.70. The molecule has 1 fully saturated rings. The number of amides is 1. The van der Waals surface area contributed by atoms with Crippen molar-refractivity contribution < 1.29 is 24.5 Å². The zero-order valence-corrected chi connectivity index (χ0v) is 22.5. The summed E-state index contributed by atoms with van der Waals surface area (Å²) in [7, 11) is 0. The van der Waals surface area contributed by atoms with Gasteiger partial charge in [0.15, 0.2) is 0 Å². The SMILES string of the molecule is C=CCOC(=O)C1=C2c3cc(-c4ccc(CO)cc4)ccc3CC[C@@H]2C2[C@@H]([C@@H](C)O)C(=O)N12.CC.CC. The molecular formula is C31H39NO5. The zero-order valence-electron chi connectivity index (χ0n) is 22.5. The molecule has 0 radical (unpaired) electrons. The summed E-state index contributed by atoms with van der Waals surface area (Å²) < 4.78 is 5.38. The van der Waals surface area contributed by atoms with Gasteiger partial charge in [0.2, 0.25) is 5.91 Å². The van der Waals surface area contributed by atoms with Crippen molar-refractivity contribution in [1.29, 1.82) is 0 Å². The Hall–Kier alpha value is -3.22. The van der Waals surface area contributed by atoms with Gasteiger partial charge in [-0.3, -0.25) is 4.79 Å². The highest BCUT2D eigenvalue weighted by Crippen LogP contribution is 2.55. The lowest BCUT2D eigenvalue weighted by molar-refractivity contribution is -0.164. The molecule has 0 bridgehead atoms. The van der Waals surface area contributed by atoms with E-state index in [9.17, 15) is 19.8 Å². The standard InChI is InChI=1S/C27H27NO5.2C2H6/c1-3-12-33-27(32)25-23-20(24-22(15(2)30)26(31)28(24)25)11-10-18-8-9-19(13-21(18)23)17-6-4-16(14-29)5-7-17;2*1-2/h3-9,13,15,20,22,24,29-30H,1,10-12,14H2,2H3;2*1-2H3/t15-,20+,22-,24?;;/m1../s1. The van der Waals surface area contributed by atoms with E-state index in [-0.39, 0.29) is 31.1 Å². The monoisotopic (exact) mass is 505 g/mol. The summed E-state index contributed by atoms with van der Waals surface area (Å²) in [5, 5.41) is 19.6. The maximum Gasteiger partial charge on any atom is 0.355 e. The summed E-state index contributed by atoms with van der Waals surface area (Å²) in [5.41, 5.74) is 6.10. The van der Waals surface area contributed by atoms with Gasteiger partial charge in [-0.25, -0.2) is 4.79 Å². The molecule has 6 heteroatoms. The van der Waals surface area contributed by atoms with Crippen LogP contribution in [-0.4, -0.2) is 45.7 Å². The first-order chi connectivity index (χ1) is 18.0. The molecule has 2 heterocycles. The zero-order chi connectivity index (χ0) is 27.3. The minimum Gasteiger partial charge on any atom is -0.457 e. The van der Waals surface area contributed by atoms with Gasteiger partial charge in [-0.05, 0) is 59.2 Å². The highest BCUT2D eigenvalue weighted by Gasteiger charge is 2.61. The highest BCUT2D eigenvalue weighted by atomic mass is 16.5. The lowest BCUT2D eigenvalue weighted by Crippen LogP contribution is -2.64. The highest BCUT2D eigenvalue weighted by molar-refractivity contribution is 6.08. The van der Waals surface area contributed by atoms with Crippen LogP contribution in [-0.2, 0) is 27.4 Å². The van der Waals surface area contributed by atoms with Crippen LogP contribution in [0.1, 0.15) is 57.7 Å². The van der Waals surface area contributed by atoms with Crippen molar-refractivity contribution in [2.24, 2.45) is 11.8 Å². The Balaban J connectivity index is 0.000000907. The molecular weight excluding hydrogens is 466 g/mol. The minimum atomic E-state index is -0.777. The van der Waals surface area contributed by atoms with Crippen LogP contribution in [0, 0.1) is 11.8 Å². The van der Waals surface area contributed by atoms with Crippen LogP contribution in [0.5, 0.6) is 0 Å². The Morgan fingerprint density at radius 3 is 2.38 bits per heavy atom. The van der Waals surface area contributed by atoms with E-state index in [4.69, 9.17) is 4.74 Å². The van der Waals surface area contributed by atoms with Crippen LogP contribution in [0.4, 0.5) is 0 Å². The van der Waals surface area contributed by atoms with Crippen LogP contribution >= 0.6 is 0 Å². The van der Waals surface area contributed by atoms with Gasteiger partial charge < -0.3 is 19.8 Å². The van der Waals surface area contributed by atoms with Gasteiger partial charge in [0.1, 0.15) is 12.3 Å². The van der Waals surface area contributed by atoms with Gasteiger partial charge in [-0.1, -0.05) is 76.7 Å². The molecule has 1 unspecified atom stereocenters. The smallest absolute Gasteiger partial charge is 0.355 e. The van der Waals surface area contributed by atoms with Gasteiger partial charge in [0.25, 0.3) is 0 Å². The van der Waals surface area contributed by atoms with E-state index in [2.05, 4.69) is 24.8 Å². The van der Waals surface area contributed by atoms with Crippen LogP contribution < -0.4 is 0 Å². The first kappa shape index (κ1) is 28.4. The van der Waals surface area contributed by atoms with Gasteiger partial charge in [0, 0.05) is 5.92 Å². The Morgan fingerprint density at radius 1 is 1.14 bits per heavy atom. The third-order valence-electron chi connectivity index (χ3n) is 7.11. The summed E-state index contributed by atoms with van der Waals surface area (Å²) in [6.07, 6.45) is 2.38. The van der Waals surface area contributed by atoms with Crippen LogP contribution in [0.25, 0.3) is 16.7 Å². The number of nitrogens with zero attached hydrogens (tertiary/aromatic N) is 1. The van der Waals surface area contributed by atoms with Crippen LogP contribution in [0.3, 0.4) is 0 Å². The molecule has 2 aromatic carbocycles. The third-order valence-corrected chi connectivity index (χ3v) is 7.11. The molecule has 4 atom stereocenters. The average Bonchev–Trinajstić information content (AvgIpc) is 3.24. The molecule has 1 saturated heterocycles. The molecule has 1 amide bonds. The Kier molecular flexibility index (Phi) is 9.46. The average molecular weight is 506 g/mol. The minimum absolute atomic E-state index is 0.00902. The molecule has 3 aliphatic rings. The fraction of sp³-hybridized carbons (Fsp3) is 0.419. The number of carbonyl (C=O) groups is 2. The van der Waals surface area contributed by atoms with Gasteiger partial charge in [0.05, 0.1) is 24.7 Å². The molecule has 0 saturated carbocycles. The number of ether oxygens (including phenoxy) is 1. The first-order valence-corrected chi connectivity index (χ1v) is 13.3. The fourth-order valence-corrected chi connectivity index (χ4v) is 5.58. The van der Waals surface area contributed by atoms with Crippen LogP contribution in [0.2, 0.25) is 0 Å². The van der Waals surface area contributed by atoms with E-state index in [1.54, 1.807) is 11.8 Å². The predicted octanol–water partition coefficient (Wildman–Crippen LogP) is 5.12. The molecule has 0 spiro atoms. The fourth-order valence-electron chi connectivity index (χ4n) is 5.58. The van der Waals surface area contributed by atoms with E-state index in [1.165, 1.54) is 6.08 Å². The number of aliphatic hydroxyl groups excluding tert-OH is 2. The molecule has 198 valence electrons. The topological polar surface area (TPSA) is 87.1 Å². The van der Waals surface area contributed by atoms with Crippen molar-refractivity contribution in [1.82, 2.24) is 4.90 Å². The number of carbonyl (C=O) groups excluding carboxylic acids is 2. The first-order valence-electron chi connectivity index (χ1n) is 13.3. The summed E-state index contributed by atoms with van der Waals surface area (Å²) in [4.78, 5) is 27.6. The number of esters is 1. The molecule has 2 aliphatic heterocycles. The van der Waals surface area contributed by atoms with Crippen molar-refractivity contribution in [3.05, 3.63) is 77.5 Å². The van der Waals surface area contributed by atoms with E-state index >= 15 is 0 Å². The molecule has 6 nitrogen and oxygen atoms in total. The maximum absolute atomic E-state index is 13.1. The summed E-state index contributed by atoms with van der Waals surface area (Å²) in [6, 6.07) is 13.7. The maximum atomic E-state index is 13.1. The van der Waals surface area contributed by atoms with E-state index in [0.717, 1.165) is 46.2 Å². The van der Waals surface area contributed by atoms with Crippen molar-refractivity contribution >= 4 is 17.4 Å². The quantitative estimate of drug-likeness (QED) is 0.323. The number of benzene rings is 2. The number of rotatable bonds is 6. The number of aryl methyl sites for hydroxylation is 1. The second-order valence-corrected chi connectivity index (χ2v) is 8.99. The number of fused-ring (bicyclic) bond motifs is 5. The van der Waals surface area contributed by atoms with Crippen LogP contribution in [0.15, 0.2) is 60.8 Å². The predicted molar refractivity (Wildman–Crippen MR) is 146 cm³/mol. The van der Waals surface area contributed by atoms with Crippen molar-refractivity contribution in [2.75, 3.05) is 6.61 Å². The third kappa shape index (κ3) is 5.00. The normalized spacial score (nSPS) is 21.6. The summed E-state index contributed by atoms with van der Waals surface area (Å²) in [6.45, 7) is 13.3. The molecule has 0 aromatic heterocycles. The molecule has 5 rings (SSSR count). The second kappa shape index (κ2) is 12.3. The van der Waals surface area contributed by atoms with E-state index < -0.39 is 18.0 Å². The van der Waals surface area contributed by atoms with E-state index in [1.807, 2.05) is 52.0 Å². The Bertz CT molecular complexity index is 1160. The number of hydrogen-bond donors (Lipinski definition) is 2. The molecule has 37 heavy (non-hydrogen) atoms. The van der Waals surface area contributed by atoms with Crippen molar-refractivity contribution in [2.45, 2.75) is 66.2 Å². The van der Waals surface area contributed by atoms with Crippen molar-refractivity contribution in [3.63, 3.8) is 0 Å². The lowest BCUT2D eigenvalue weighted by Gasteiger charge is -2.47. The van der Waals surface area contributed by atoms with Crippen molar-refractivity contribution in [3.8, 4) is 11.1 Å². The summed E-state index contributed by atoms with van der Waals surface area (Å²) in [5.74, 6) is -1.28. The Labute approximate surface area is 220 Å². The number of β-lactam (4-membered cyclic amide) rings is 1. The molecule has 2 N–H and O–H groups in total. The Morgan fingerprint density at radius 2 is 1.78 bits per heavy atom. The van der Waals surface area contributed by atoms with Gasteiger partial charge in [-0.2, -0.15) is 0 Å². The molecule has 2 aromatic rings. The molecule has 1 aliphatic carbocycles. The van der Waals surface area contributed by atoms with Gasteiger partial charge >= 0.3 is 5.97 Å². The summed E-state index contributed by atoms with van der Waals surface area (Å²) >= 11 is 0. The van der Waals surface area contributed by atoms with Gasteiger partial charge in [-0.15, -0.1) is 0 Å². The number of hydrogen-bond acceptors (Lipinski definition) is 5. The largest absolute Gasteiger partial charge is 0.457 e. The van der Waals surface area contributed by atoms with E-state index in [0.29, 0.717) is 5.70 Å².